The molecule has 0 saturated carbocycles. The minimum Gasteiger partial charge on any atom is -0.357 e. The number of piperazine rings is 1. The van der Waals surface area contributed by atoms with Crippen LogP contribution < -0.4 is 0 Å². The lowest BCUT2D eigenvalue weighted by Crippen LogP contribution is -2.48. The number of nitrogens with one attached hydrogen (secondary N) is 1. The molecule has 0 bridgehead atoms. The number of fused-ring (bicyclic) bond motifs is 3. The standard InChI is InChI=1S/C18H23N3O/c1-20-9-11-21(12-10-20)18(22)15-7-4-6-14-13-5-2-3-8-16(13)19-17(14)15/h2-3,5,8,15,19H,4,6-7,9-12H2,1H3. The Labute approximate surface area is 131 Å². The monoisotopic (exact) mass is 297 g/mol. The van der Waals surface area contributed by atoms with E-state index in [1.807, 2.05) is 0 Å². The largest absolute Gasteiger partial charge is 0.357 e. The fraction of sp³-hybridized carbons (Fsp3) is 0.500. The molecule has 0 spiro atoms. The van der Waals surface area contributed by atoms with Crippen molar-refractivity contribution < 1.29 is 4.79 Å². The van der Waals surface area contributed by atoms with E-state index in [2.05, 4.69) is 46.1 Å². The van der Waals surface area contributed by atoms with Crippen LogP contribution in [0.5, 0.6) is 0 Å². The maximum absolute atomic E-state index is 13.0. The Balaban J connectivity index is 1.66. The molecule has 1 unspecified atom stereocenters. The number of carbonyl (C=O) groups excluding carboxylic acids is 1. The zero-order valence-corrected chi connectivity index (χ0v) is 13.1. The van der Waals surface area contributed by atoms with E-state index in [1.165, 1.54) is 22.2 Å². The number of hydrogen-bond donors (Lipinski definition) is 1. The molecule has 1 amide bonds. The van der Waals surface area contributed by atoms with Crippen molar-refractivity contribution in [2.24, 2.45) is 0 Å². The van der Waals surface area contributed by atoms with Crippen molar-refractivity contribution in [3.05, 3.63) is 35.5 Å². The number of carbonyl (C=O) groups is 1. The van der Waals surface area contributed by atoms with Gasteiger partial charge in [0, 0.05) is 42.8 Å². The van der Waals surface area contributed by atoms with Crippen molar-refractivity contribution in [2.45, 2.75) is 25.2 Å². The first-order valence-electron chi connectivity index (χ1n) is 8.31. The molecule has 1 aliphatic carbocycles. The smallest absolute Gasteiger partial charge is 0.231 e. The van der Waals surface area contributed by atoms with Gasteiger partial charge >= 0.3 is 0 Å². The number of para-hydroxylation sites is 1. The molecule has 4 rings (SSSR count). The molecule has 1 N–H and O–H groups in total. The van der Waals surface area contributed by atoms with E-state index in [0.29, 0.717) is 5.91 Å². The molecular weight excluding hydrogens is 274 g/mol. The normalized spacial score (nSPS) is 22.8. The number of likely N-dealkylation sites (N-methyl/N-ethyl adjacent to an activating group) is 1. The van der Waals surface area contributed by atoms with E-state index < -0.39 is 0 Å². The van der Waals surface area contributed by atoms with Gasteiger partial charge in [0.25, 0.3) is 0 Å². The number of H-pyrrole nitrogens is 1. The Morgan fingerprint density at radius 2 is 1.95 bits per heavy atom. The average molecular weight is 297 g/mol. The second kappa shape index (κ2) is 5.43. The van der Waals surface area contributed by atoms with E-state index >= 15 is 0 Å². The third-order valence-electron chi connectivity index (χ3n) is 5.23. The molecule has 1 aromatic carbocycles. The van der Waals surface area contributed by atoms with Crippen LogP contribution in [0.2, 0.25) is 0 Å². The number of aryl methyl sites for hydroxylation is 1. The third-order valence-corrected chi connectivity index (χ3v) is 5.23. The molecule has 116 valence electrons. The van der Waals surface area contributed by atoms with Gasteiger partial charge in [-0.15, -0.1) is 0 Å². The van der Waals surface area contributed by atoms with Crippen molar-refractivity contribution in [1.82, 2.24) is 14.8 Å². The van der Waals surface area contributed by atoms with Crippen LogP contribution in [0.3, 0.4) is 0 Å². The van der Waals surface area contributed by atoms with Crippen molar-refractivity contribution >= 4 is 16.8 Å². The zero-order chi connectivity index (χ0) is 15.1. The molecule has 22 heavy (non-hydrogen) atoms. The van der Waals surface area contributed by atoms with E-state index in [9.17, 15) is 4.79 Å². The molecule has 2 aliphatic rings. The Bertz CT molecular complexity index is 697. The summed E-state index contributed by atoms with van der Waals surface area (Å²) in [4.78, 5) is 20.9. The van der Waals surface area contributed by atoms with Crippen LogP contribution in [-0.2, 0) is 11.2 Å². The Hall–Kier alpha value is -1.81. The number of aromatic amines is 1. The van der Waals surface area contributed by atoms with E-state index in [1.54, 1.807) is 0 Å². The van der Waals surface area contributed by atoms with Crippen LogP contribution in [0, 0.1) is 0 Å². The SMILES string of the molecule is CN1CCN(C(=O)C2CCCc3c2[nH]c2ccccc32)CC1. The highest BCUT2D eigenvalue weighted by atomic mass is 16.2. The van der Waals surface area contributed by atoms with Gasteiger partial charge in [-0.1, -0.05) is 18.2 Å². The fourth-order valence-corrected chi connectivity index (χ4v) is 3.91. The highest BCUT2D eigenvalue weighted by Gasteiger charge is 2.33. The van der Waals surface area contributed by atoms with Crippen LogP contribution in [0.1, 0.15) is 30.0 Å². The molecule has 2 heterocycles. The van der Waals surface area contributed by atoms with Gasteiger partial charge in [-0.05, 0) is 37.9 Å². The first-order chi connectivity index (χ1) is 10.7. The van der Waals surface area contributed by atoms with Gasteiger partial charge in [0.15, 0.2) is 0 Å². The number of aromatic nitrogens is 1. The second-order valence-corrected chi connectivity index (χ2v) is 6.64. The fourth-order valence-electron chi connectivity index (χ4n) is 3.91. The van der Waals surface area contributed by atoms with Gasteiger partial charge in [-0.2, -0.15) is 0 Å². The Morgan fingerprint density at radius 1 is 1.18 bits per heavy atom. The summed E-state index contributed by atoms with van der Waals surface area (Å²) in [6, 6.07) is 8.43. The number of rotatable bonds is 1. The highest BCUT2D eigenvalue weighted by molar-refractivity contribution is 5.90. The van der Waals surface area contributed by atoms with Crippen molar-refractivity contribution in [3.8, 4) is 0 Å². The lowest BCUT2D eigenvalue weighted by Gasteiger charge is -2.35. The number of benzene rings is 1. The van der Waals surface area contributed by atoms with E-state index in [0.717, 1.165) is 45.4 Å². The molecular formula is C18H23N3O. The predicted octanol–water partition coefficient (Wildman–Crippen LogP) is 2.36. The van der Waals surface area contributed by atoms with E-state index in [4.69, 9.17) is 0 Å². The summed E-state index contributed by atoms with van der Waals surface area (Å²) in [6.07, 6.45) is 3.18. The molecule has 1 fully saturated rings. The molecule has 4 heteroatoms. The topological polar surface area (TPSA) is 39.3 Å². The first kappa shape index (κ1) is 13.8. The molecule has 4 nitrogen and oxygen atoms in total. The van der Waals surface area contributed by atoms with Crippen molar-refractivity contribution in [3.63, 3.8) is 0 Å². The van der Waals surface area contributed by atoms with Gasteiger partial charge in [0.05, 0.1) is 5.92 Å². The van der Waals surface area contributed by atoms with Gasteiger partial charge in [-0.3, -0.25) is 4.79 Å². The summed E-state index contributed by atoms with van der Waals surface area (Å²) in [7, 11) is 2.12. The molecule has 1 atom stereocenters. The van der Waals surface area contributed by atoms with Gasteiger partial charge in [-0.25, -0.2) is 0 Å². The highest BCUT2D eigenvalue weighted by Crippen LogP contribution is 2.37. The molecule has 0 radical (unpaired) electrons. The van der Waals surface area contributed by atoms with E-state index in [-0.39, 0.29) is 5.92 Å². The van der Waals surface area contributed by atoms with Crippen LogP contribution in [0.4, 0.5) is 0 Å². The average Bonchev–Trinajstić information content (AvgIpc) is 2.93. The van der Waals surface area contributed by atoms with Gasteiger partial charge in [0.2, 0.25) is 5.91 Å². The molecule has 1 saturated heterocycles. The minimum absolute atomic E-state index is 0.0274. The maximum Gasteiger partial charge on any atom is 0.231 e. The second-order valence-electron chi connectivity index (χ2n) is 6.64. The lowest BCUT2D eigenvalue weighted by molar-refractivity contribution is -0.134. The molecule has 1 aliphatic heterocycles. The predicted molar refractivity (Wildman–Crippen MR) is 88.1 cm³/mol. The van der Waals surface area contributed by atoms with Gasteiger partial charge < -0.3 is 14.8 Å². The number of nitrogens with zero attached hydrogens (tertiary/aromatic N) is 2. The summed E-state index contributed by atoms with van der Waals surface area (Å²) >= 11 is 0. The quantitative estimate of drug-likeness (QED) is 0.877. The van der Waals surface area contributed by atoms with Crippen LogP contribution in [0.15, 0.2) is 24.3 Å². The lowest BCUT2D eigenvalue weighted by atomic mass is 9.85. The number of hydrogen-bond acceptors (Lipinski definition) is 2. The van der Waals surface area contributed by atoms with Crippen LogP contribution in [-0.4, -0.2) is 53.9 Å². The van der Waals surface area contributed by atoms with Gasteiger partial charge in [0.1, 0.15) is 0 Å². The molecule has 1 aromatic heterocycles. The third kappa shape index (κ3) is 2.22. The number of amides is 1. The zero-order valence-electron chi connectivity index (χ0n) is 13.1. The minimum atomic E-state index is 0.0274. The summed E-state index contributed by atoms with van der Waals surface area (Å²) in [5, 5.41) is 1.30. The Kier molecular flexibility index (Phi) is 3.41. The van der Waals surface area contributed by atoms with Crippen LogP contribution >= 0.6 is 0 Å². The summed E-state index contributed by atoms with van der Waals surface area (Å²) in [5.74, 6) is 0.347. The first-order valence-corrected chi connectivity index (χ1v) is 8.31. The van der Waals surface area contributed by atoms with Crippen molar-refractivity contribution in [1.29, 1.82) is 0 Å². The van der Waals surface area contributed by atoms with Crippen molar-refractivity contribution in [2.75, 3.05) is 33.2 Å². The summed E-state index contributed by atoms with van der Waals surface area (Å²) < 4.78 is 0. The van der Waals surface area contributed by atoms with Crippen LogP contribution in [0.25, 0.3) is 10.9 Å². The Morgan fingerprint density at radius 3 is 2.77 bits per heavy atom. The maximum atomic E-state index is 13.0. The molecule has 2 aromatic rings. The summed E-state index contributed by atoms with van der Waals surface area (Å²) in [6.45, 7) is 3.69. The summed E-state index contributed by atoms with van der Waals surface area (Å²) in [5.41, 5.74) is 3.72.